The Morgan fingerprint density at radius 2 is 1.37 bits per heavy atom. The number of fused-ring (bicyclic) bond motifs is 1. The second-order valence-corrected chi connectivity index (χ2v) is 14.7. The van der Waals surface area contributed by atoms with Gasteiger partial charge in [0.25, 0.3) is 0 Å². The first-order chi connectivity index (χ1) is 26.1. The third-order valence-corrected chi connectivity index (χ3v) is 9.36. The van der Waals surface area contributed by atoms with Crippen LogP contribution in [0, 0.1) is 0 Å². The predicted molar refractivity (Wildman–Crippen MR) is 210 cm³/mol. The number of unbranched alkanes of at least 4 members (excludes halogenated alkanes) is 1. The molecule has 0 spiro atoms. The molecule has 54 heavy (non-hydrogen) atoms. The van der Waals surface area contributed by atoms with Crippen molar-refractivity contribution >= 4 is 22.9 Å². The molecule has 3 heterocycles. The van der Waals surface area contributed by atoms with Gasteiger partial charge in [-0.1, -0.05) is 61.9 Å². The van der Waals surface area contributed by atoms with Gasteiger partial charge in [-0.15, -0.1) is 0 Å². The van der Waals surface area contributed by atoms with Gasteiger partial charge in [-0.3, -0.25) is 10.00 Å². The highest BCUT2D eigenvalue weighted by molar-refractivity contribution is 5.88. The predicted octanol–water partition coefficient (Wildman–Crippen LogP) is 7.40. The quantitative estimate of drug-likeness (QED) is 0.109. The summed E-state index contributed by atoms with van der Waals surface area (Å²) in [6.07, 6.45) is 2.26. The van der Waals surface area contributed by atoms with Crippen molar-refractivity contribution in [3.05, 3.63) is 101 Å². The van der Waals surface area contributed by atoms with Gasteiger partial charge in [0.2, 0.25) is 0 Å². The monoisotopic (exact) mass is 735 g/mol. The molecule has 1 saturated heterocycles. The van der Waals surface area contributed by atoms with Gasteiger partial charge in [0.15, 0.2) is 5.82 Å². The van der Waals surface area contributed by atoms with E-state index in [9.17, 15) is 4.79 Å². The Bertz CT molecular complexity index is 1900. The number of nitrogens with one attached hydrogen (secondary N) is 1. The van der Waals surface area contributed by atoms with Crippen molar-refractivity contribution in [2.75, 3.05) is 51.9 Å². The molecule has 1 aliphatic heterocycles. The number of amides is 1. The lowest BCUT2D eigenvalue weighted by Crippen LogP contribution is -2.49. The topological polar surface area (TPSA) is 118 Å². The highest BCUT2D eigenvalue weighted by Crippen LogP contribution is 2.31. The average Bonchev–Trinajstić information content (AvgIpc) is 3.57. The summed E-state index contributed by atoms with van der Waals surface area (Å²) in [5.41, 5.74) is 6.40. The van der Waals surface area contributed by atoms with Crippen LogP contribution < -0.4 is 19.1 Å². The fourth-order valence-electron chi connectivity index (χ4n) is 6.38. The molecule has 1 aliphatic rings. The first-order valence-electron chi connectivity index (χ1n) is 18.8. The minimum atomic E-state index is -0.492. The molecule has 0 saturated carbocycles. The number of aromatic nitrogens is 4. The SMILES string of the molecule is CCCCOc1nc(N(Cc2ccc(OC)cc2)Cc2ccc(OC)cc2)c2[nH]nc(Cc3ccc(CN4CCN(C(=O)OC(C)(C)C)CC4)cc3)c2n1. The van der Waals surface area contributed by atoms with E-state index in [0.717, 1.165) is 83.2 Å². The van der Waals surface area contributed by atoms with Crippen LogP contribution in [-0.4, -0.2) is 88.7 Å². The summed E-state index contributed by atoms with van der Waals surface area (Å²) in [5, 5.41) is 8.09. The van der Waals surface area contributed by atoms with Crippen LogP contribution in [0.5, 0.6) is 17.5 Å². The second-order valence-electron chi connectivity index (χ2n) is 14.7. The molecule has 3 aromatic carbocycles. The van der Waals surface area contributed by atoms with Crippen LogP contribution >= 0.6 is 0 Å². The van der Waals surface area contributed by atoms with Gasteiger partial charge in [0.1, 0.15) is 28.1 Å². The average molecular weight is 736 g/mol. The minimum Gasteiger partial charge on any atom is -0.497 e. The van der Waals surface area contributed by atoms with Crippen LogP contribution in [0.1, 0.15) is 68.5 Å². The van der Waals surface area contributed by atoms with Gasteiger partial charge >= 0.3 is 12.1 Å². The molecule has 0 bridgehead atoms. The number of nitrogens with zero attached hydrogens (tertiary/aromatic N) is 6. The van der Waals surface area contributed by atoms with E-state index in [1.807, 2.05) is 45.0 Å². The molecule has 12 nitrogen and oxygen atoms in total. The summed E-state index contributed by atoms with van der Waals surface area (Å²) in [4.78, 5) is 28.8. The summed E-state index contributed by atoms with van der Waals surface area (Å²) >= 11 is 0. The number of H-pyrrole nitrogens is 1. The van der Waals surface area contributed by atoms with Gasteiger partial charge in [0, 0.05) is 52.2 Å². The third kappa shape index (κ3) is 10.2. The number of carbonyl (C=O) groups is 1. The van der Waals surface area contributed by atoms with Crippen LogP contribution in [0.15, 0.2) is 72.8 Å². The fraction of sp³-hybridized carbons (Fsp3) is 0.429. The number of anilines is 1. The first kappa shape index (κ1) is 38.4. The van der Waals surface area contributed by atoms with Crippen LogP contribution in [-0.2, 0) is 30.8 Å². The Morgan fingerprint density at radius 3 is 1.93 bits per heavy atom. The number of rotatable bonds is 15. The van der Waals surface area contributed by atoms with E-state index in [-0.39, 0.29) is 6.09 Å². The lowest BCUT2D eigenvalue weighted by atomic mass is 10.1. The van der Waals surface area contributed by atoms with E-state index in [2.05, 4.69) is 70.4 Å². The summed E-state index contributed by atoms with van der Waals surface area (Å²) in [7, 11) is 3.35. The lowest BCUT2D eigenvalue weighted by Gasteiger charge is -2.35. The normalized spacial score (nSPS) is 13.6. The van der Waals surface area contributed by atoms with Crippen molar-refractivity contribution in [3.8, 4) is 17.5 Å². The number of hydrogen-bond donors (Lipinski definition) is 1. The Hall–Kier alpha value is -5.36. The highest BCUT2D eigenvalue weighted by atomic mass is 16.6. The molecule has 6 rings (SSSR count). The van der Waals surface area contributed by atoms with E-state index >= 15 is 0 Å². The lowest BCUT2D eigenvalue weighted by molar-refractivity contribution is 0.0139. The van der Waals surface area contributed by atoms with E-state index in [1.165, 1.54) is 5.56 Å². The molecular weight excluding hydrogens is 683 g/mol. The van der Waals surface area contributed by atoms with Crippen molar-refractivity contribution in [1.82, 2.24) is 30.0 Å². The van der Waals surface area contributed by atoms with Gasteiger partial charge in [-0.25, -0.2) is 4.79 Å². The number of hydrogen-bond acceptors (Lipinski definition) is 10. The van der Waals surface area contributed by atoms with Crippen LogP contribution in [0.3, 0.4) is 0 Å². The van der Waals surface area contributed by atoms with Crippen LogP contribution in [0.4, 0.5) is 10.6 Å². The van der Waals surface area contributed by atoms with Crippen molar-refractivity contribution in [2.24, 2.45) is 0 Å². The molecule has 0 unspecified atom stereocenters. The van der Waals surface area contributed by atoms with Crippen LogP contribution in [0.2, 0.25) is 0 Å². The van der Waals surface area contributed by atoms with Crippen molar-refractivity contribution in [3.63, 3.8) is 0 Å². The zero-order valence-corrected chi connectivity index (χ0v) is 32.4. The number of methoxy groups -OCH3 is 2. The van der Waals surface area contributed by atoms with Crippen LogP contribution in [0.25, 0.3) is 11.0 Å². The van der Waals surface area contributed by atoms with Crippen molar-refractivity contribution in [1.29, 1.82) is 0 Å². The van der Waals surface area contributed by atoms with Gasteiger partial charge in [0.05, 0.1) is 26.5 Å². The maximum Gasteiger partial charge on any atom is 0.410 e. The maximum absolute atomic E-state index is 12.5. The van der Waals surface area contributed by atoms with Gasteiger partial charge in [-0.05, 0) is 73.7 Å². The largest absolute Gasteiger partial charge is 0.497 e. The molecule has 12 heteroatoms. The van der Waals surface area contributed by atoms with E-state index in [4.69, 9.17) is 34.0 Å². The van der Waals surface area contributed by atoms with Gasteiger partial charge < -0.3 is 28.7 Å². The number of piperazine rings is 1. The second kappa shape index (κ2) is 17.6. The van der Waals surface area contributed by atoms with Gasteiger partial charge in [-0.2, -0.15) is 15.1 Å². The zero-order valence-electron chi connectivity index (χ0n) is 32.4. The molecule has 5 aromatic rings. The molecule has 0 radical (unpaired) electrons. The molecule has 0 atom stereocenters. The molecule has 1 fully saturated rings. The maximum atomic E-state index is 12.5. The van der Waals surface area contributed by atoms with E-state index < -0.39 is 5.60 Å². The summed E-state index contributed by atoms with van der Waals surface area (Å²) < 4.78 is 22.5. The number of carbonyl (C=O) groups excluding carboxylic acids is 1. The van der Waals surface area contributed by atoms with Crippen molar-refractivity contribution in [2.45, 2.75) is 72.2 Å². The molecule has 1 N–H and O–H groups in total. The number of ether oxygens (including phenoxy) is 4. The van der Waals surface area contributed by atoms with Crippen molar-refractivity contribution < 1.29 is 23.7 Å². The Balaban J connectivity index is 1.22. The molecule has 286 valence electrons. The Morgan fingerprint density at radius 1 is 0.796 bits per heavy atom. The summed E-state index contributed by atoms with van der Waals surface area (Å²) in [6, 6.07) is 25.2. The molecule has 0 aliphatic carbocycles. The molecule has 2 aromatic heterocycles. The highest BCUT2D eigenvalue weighted by Gasteiger charge is 2.26. The minimum absolute atomic E-state index is 0.239. The first-order valence-corrected chi connectivity index (χ1v) is 18.8. The Kier molecular flexibility index (Phi) is 12.5. The smallest absolute Gasteiger partial charge is 0.410 e. The fourth-order valence-corrected chi connectivity index (χ4v) is 6.38. The van der Waals surface area contributed by atoms with E-state index in [0.29, 0.717) is 45.2 Å². The molecule has 1 amide bonds. The third-order valence-electron chi connectivity index (χ3n) is 9.36. The zero-order chi connectivity index (χ0) is 38.1. The number of aromatic amines is 1. The Labute approximate surface area is 318 Å². The molecular formula is C42H53N7O5. The summed E-state index contributed by atoms with van der Waals surface area (Å²) in [5.74, 6) is 2.33. The summed E-state index contributed by atoms with van der Waals surface area (Å²) in [6.45, 7) is 13.3. The van der Waals surface area contributed by atoms with E-state index in [1.54, 1.807) is 19.1 Å². The standard InChI is InChI=1S/C42H53N7O5/c1-7-8-25-53-40-43-37-36(26-30-9-11-31(12-10-30)27-47-21-23-48(24-22-47)41(50)54-42(2,3)4)45-46-38(37)39(44-40)49(28-32-13-17-34(51-5)18-14-32)29-33-15-19-35(52-6)20-16-33/h9-20H,7-8,21-29H2,1-6H3,(H,45,46). The number of benzene rings is 3.